The van der Waals surface area contributed by atoms with Gasteiger partial charge in [-0.15, -0.1) is 0 Å². The highest BCUT2D eigenvalue weighted by Crippen LogP contribution is 2.18. The first-order chi connectivity index (χ1) is 9.40. The Morgan fingerprint density at radius 3 is 2.50 bits per heavy atom. The van der Waals surface area contributed by atoms with E-state index in [2.05, 4.69) is 5.32 Å². The third-order valence-electron chi connectivity index (χ3n) is 3.26. The molecule has 0 saturated carbocycles. The van der Waals surface area contributed by atoms with Crippen molar-refractivity contribution in [2.45, 2.75) is 33.7 Å². The van der Waals surface area contributed by atoms with E-state index < -0.39 is 0 Å². The Hall–Kier alpha value is -1.62. The average molecular weight is 293 g/mol. The molecule has 1 unspecified atom stereocenters. The van der Waals surface area contributed by atoms with Gasteiger partial charge in [-0.1, -0.05) is 23.8 Å². The Kier molecular flexibility index (Phi) is 5.95. The second kappa shape index (κ2) is 7.24. The van der Waals surface area contributed by atoms with E-state index in [1.54, 1.807) is 4.90 Å². The van der Waals surface area contributed by atoms with Crippen molar-refractivity contribution in [3.05, 3.63) is 29.3 Å². The maximum Gasteiger partial charge on any atom is 0.244 e. The molecule has 0 aromatic heterocycles. The number of amides is 1. The van der Waals surface area contributed by atoms with Crippen molar-refractivity contribution in [1.82, 2.24) is 4.90 Å². The number of nitrogens with two attached hydrogens (primary N) is 1. The van der Waals surface area contributed by atoms with Crippen LogP contribution in [0.25, 0.3) is 0 Å². The second-order valence-electron chi connectivity index (χ2n) is 4.79. The predicted octanol–water partition coefficient (Wildman–Crippen LogP) is 2.30. The number of carbonyl (C=O) groups excluding carboxylic acids is 1. The van der Waals surface area contributed by atoms with Gasteiger partial charge in [-0.3, -0.25) is 4.79 Å². The molecule has 110 valence electrons. The van der Waals surface area contributed by atoms with Gasteiger partial charge in [0.1, 0.15) is 11.0 Å². The molecule has 0 aliphatic rings. The smallest absolute Gasteiger partial charge is 0.244 e. The van der Waals surface area contributed by atoms with Gasteiger partial charge in [-0.25, -0.2) is 0 Å². The molecule has 3 N–H and O–H groups in total. The highest BCUT2D eigenvalue weighted by atomic mass is 32.1. The zero-order chi connectivity index (χ0) is 15.3. The average Bonchev–Trinajstić information content (AvgIpc) is 2.41. The summed E-state index contributed by atoms with van der Waals surface area (Å²) < 4.78 is 0. The maximum absolute atomic E-state index is 12.3. The van der Waals surface area contributed by atoms with Crippen molar-refractivity contribution in [3.8, 4) is 0 Å². The van der Waals surface area contributed by atoms with Crippen molar-refractivity contribution in [3.63, 3.8) is 0 Å². The van der Waals surface area contributed by atoms with E-state index in [9.17, 15) is 4.79 Å². The largest absolute Gasteiger partial charge is 0.389 e. The molecule has 1 aromatic carbocycles. The van der Waals surface area contributed by atoms with E-state index in [0.29, 0.717) is 18.1 Å². The Labute approximate surface area is 126 Å². The van der Waals surface area contributed by atoms with Gasteiger partial charge < -0.3 is 16.0 Å². The minimum Gasteiger partial charge on any atom is -0.389 e. The second-order valence-corrected chi connectivity index (χ2v) is 5.23. The van der Waals surface area contributed by atoms with Crippen LogP contribution in [0.3, 0.4) is 0 Å². The zero-order valence-corrected chi connectivity index (χ0v) is 13.4. The number of carbonyl (C=O) groups is 1. The molecule has 0 aliphatic heterocycles. The highest BCUT2D eigenvalue weighted by Gasteiger charge is 2.19. The maximum atomic E-state index is 12.3. The molecule has 1 aromatic rings. The molecule has 0 spiro atoms. The van der Waals surface area contributed by atoms with Gasteiger partial charge in [-0.05, 0) is 39.8 Å². The predicted molar refractivity (Wildman–Crippen MR) is 88.1 cm³/mol. The molecule has 0 radical (unpaired) electrons. The van der Waals surface area contributed by atoms with Gasteiger partial charge in [0.2, 0.25) is 5.91 Å². The normalized spacial score (nSPS) is 11.8. The van der Waals surface area contributed by atoms with Crippen LogP contribution in [-0.2, 0) is 4.79 Å². The summed E-state index contributed by atoms with van der Waals surface area (Å²) in [5, 5.41) is 3.21. The first kappa shape index (κ1) is 16.4. The number of nitrogens with zero attached hydrogens (tertiary/aromatic N) is 1. The molecule has 0 aliphatic carbocycles. The van der Waals surface area contributed by atoms with Crippen LogP contribution in [0.1, 0.15) is 31.9 Å². The third-order valence-corrected chi connectivity index (χ3v) is 3.48. The van der Waals surface area contributed by atoms with E-state index in [1.807, 2.05) is 45.9 Å². The van der Waals surface area contributed by atoms with Gasteiger partial charge in [0.25, 0.3) is 0 Å². The lowest BCUT2D eigenvalue weighted by molar-refractivity contribution is -0.131. The van der Waals surface area contributed by atoms with Crippen molar-refractivity contribution < 1.29 is 4.79 Å². The number of benzene rings is 1. The summed E-state index contributed by atoms with van der Waals surface area (Å²) in [6, 6.07) is 5.50. The molecular weight excluding hydrogens is 270 g/mol. The molecule has 0 saturated heterocycles. The molecule has 1 amide bonds. The summed E-state index contributed by atoms with van der Waals surface area (Å²) in [5.41, 5.74) is 8.41. The van der Waals surface area contributed by atoms with Crippen LogP contribution in [0.4, 0.5) is 5.69 Å². The van der Waals surface area contributed by atoms with Gasteiger partial charge in [0, 0.05) is 24.3 Å². The SMILES string of the molecule is CCN(CC)C(=O)C(C)Nc1ccc(C)cc1C(N)=S. The van der Waals surface area contributed by atoms with Crippen molar-refractivity contribution in [2.75, 3.05) is 18.4 Å². The first-order valence-corrected chi connectivity index (χ1v) is 7.27. The van der Waals surface area contributed by atoms with Crippen molar-refractivity contribution in [2.24, 2.45) is 5.73 Å². The minimum atomic E-state index is -0.314. The lowest BCUT2D eigenvalue weighted by atomic mass is 10.1. The summed E-state index contributed by atoms with van der Waals surface area (Å²) >= 11 is 5.07. The number of thiocarbonyl (C=S) groups is 1. The topological polar surface area (TPSA) is 58.4 Å². The van der Waals surface area contributed by atoms with Crippen molar-refractivity contribution >= 4 is 28.8 Å². The summed E-state index contributed by atoms with van der Waals surface area (Å²) in [6.45, 7) is 9.19. The number of aryl methyl sites for hydroxylation is 1. The number of hydrogen-bond acceptors (Lipinski definition) is 3. The summed E-state index contributed by atoms with van der Waals surface area (Å²) in [6.07, 6.45) is 0. The highest BCUT2D eigenvalue weighted by molar-refractivity contribution is 7.80. The molecule has 1 atom stereocenters. The molecule has 0 bridgehead atoms. The monoisotopic (exact) mass is 293 g/mol. The van der Waals surface area contributed by atoms with E-state index in [-0.39, 0.29) is 11.9 Å². The molecule has 20 heavy (non-hydrogen) atoms. The Bertz CT molecular complexity index is 498. The standard InChI is InChI=1S/C15H23N3OS/c1-5-18(6-2)15(19)11(4)17-13-8-7-10(3)9-12(13)14(16)20/h7-9,11,17H,5-6H2,1-4H3,(H2,16,20). The van der Waals surface area contributed by atoms with Crippen LogP contribution >= 0.6 is 12.2 Å². The van der Waals surface area contributed by atoms with E-state index in [4.69, 9.17) is 18.0 Å². The van der Waals surface area contributed by atoms with Crippen LogP contribution in [-0.4, -0.2) is 34.9 Å². The fourth-order valence-corrected chi connectivity index (χ4v) is 2.26. The number of anilines is 1. The molecule has 4 nitrogen and oxygen atoms in total. The van der Waals surface area contributed by atoms with Crippen LogP contribution < -0.4 is 11.1 Å². The molecule has 5 heteroatoms. The van der Waals surface area contributed by atoms with E-state index in [0.717, 1.165) is 16.8 Å². The number of likely N-dealkylation sites (N-methyl/N-ethyl adjacent to an activating group) is 1. The number of rotatable bonds is 6. The third kappa shape index (κ3) is 3.93. The van der Waals surface area contributed by atoms with Crippen LogP contribution in [0.15, 0.2) is 18.2 Å². The van der Waals surface area contributed by atoms with E-state index in [1.165, 1.54) is 0 Å². The first-order valence-electron chi connectivity index (χ1n) is 6.86. The van der Waals surface area contributed by atoms with E-state index >= 15 is 0 Å². The Morgan fingerprint density at radius 1 is 1.40 bits per heavy atom. The van der Waals surface area contributed by atoms with Crippen LogP contribution in [0, 0.1) is 6.92 Å². The van der Waals surface area contributed by atoms with Gasteiger partial charge in [-0.2, -0.15) is 0 Å². The molecule has 1 rings (SSSR count). The van der Waals surface area contributed by atoms with Gasteiger partial charge in [0.05, 0.1) is 0 Å². The lowest BCUT2D eigenvalue weighted by Crippen LogP contribution is -2.41. The molecular formula is C15H23N3OS. The molecule has 0 heterocycles. The number of nitrogens with one attached hydrogen (secondary N) is 1. The fraction of sp³-hybridized carbons (Fsp3) is 0.467. The van der Waals surface area contributed by atoms with Crippen LogP contribution in [0.2, 0.25) is 0 Å². The Morgan fingerprint density at radius 2 is 2.00 bits per heavy atom. The minimum absolute atomic E-state index is 0.0736. The summed E-state index contributed by atoms with van der Waals surface area (Å²) in [5.74, 6) is 0.0736. The van der Waals surface area contributed by atoms with Crippen LogP contribution in [0.5, 0.6) is 0 Å². The zero-order valence-electron chi connectivity index (χ0n) is 12.6. The molecule has 0 fully saturated rings. The van der Waals surface area contributed by atoms with Crippen molar-refractivity contribution in [1.29, 1.82) is 0 Å². The Balaban J connectivity index is 2.93. The lowest BCUT2D eigenvalue weighted by Gasteiger charge is -2.25. The van der Waals surface area contributed by atoms with Gasteiger partial charge >= 0.3 is 0 Å². The summed E-state index contributed by atoms with van der Waals surface area (Å²) in [4.78, 5) is 14.4. The summed E-state index contributed by atoms with van der Waals surface area (Å²) in [7, 11) is 0. The van der Waals surface area contributed by atoms with Gasteiger partial charge in [0.15, 0.2) is 0 Å². The number of hydrogen-bond donors (Lipinski definition) is 2. The fourth-order valence-electron chi connectivity index (χ4n) is 2.09. The quantitative estimate of drug-likeness (QED) is 0.790.